The molecule has 0 bridgehead atoms. The Labute approximate surface area is 155 Å². The molecular formula is C20H16N6O. The minimum atomic E-state index is -0.201. The molecule has 4 aromatic heterocycles. The molecule has 1 N–H and O–H groups in total. The van der Waals surface area contributed by atoms with E-state index in [1.54, 1.807) is 29.0 Å². The fourth-order valence-electron chi connectivity index (χ4n) is 3.22. The van der Waals surface area contributed by atoms with E-state index in [2.05, 4.69) is 31.4 Å². The van der Waals surface area contributed by atoms with Crippen LogP contribution < -0.4 is 5.32 Å². The monoisotopic (exact) mass is 356 g/mol. The largest absolute Gasteiger partial charge is 0.307 e. The van der Waals surface area contributed by atoms with Gasteiger partial charge in [-0.1, -0.05) is 6.08 Å². The Morgan fingerprint density at radius 1 is 1.11 bits per heavy atom. The number of pyridine rings is 3. The van der Waals surface area contributed by atoms with Gasteiger partial charge in [0.25, 0.3) is 5.91 Å². The molecule has 0 fully saturated rings. The lowest BCUT2D eigenvalue weighted by Gasteiger charge is -2.09. The summed E-state index contributed by atoms with van der Waals surface area (Å²) in [6.07, 6.45) is 9.54. The summed E-state index contributed by atoms with van der Waals surface area (Å²) in [5, 5.41) is 7.03. The van der Waals surface area contributed by atoms with Gasteiger partial charge < -0.3 is 5.32 Å². The van der Waals surface area contributed by atoms with Crippen LogP contribution in [0.25, 0.3) is 11.2 Å². The highest BCUT2D eigenvalue weighted by atomic mass is 16.1. The van der Waals surface area contributed by atoms with Crippen molar-refractivity contribution in [1.82, 2.24) is 24.6 Å². The summed E-state index contributed by atoms with van der Waals surface area (Å²) in [5.74, 6) is 0.338. The van der Waals surface area contributed by atoms with E-state index in [4.69, 9.17) is 0 Å². The molecule has 0 aromatic carbocycles. The van der Waals surface area contributed by atoms with Crippen molar-refractivity contribution in [1.29, 1.82) is 0 Å². The van der Waals surface area contributed by atoms with Gasteiger partial charge in [0, 0.05) is 43.1 Å². The topological polar surface area (TPSA) is 85.1 Å². The van der Waals surface area contributed by atoms with E-state index < -0.39 is 0 Å². The lowest BCUT2D eigenvalue weighted by Crippen LogP contribution is -2.13. The summed E-state index contributed by atoms with van der Waals surface area (Å²) < 4.78 is 1.75. The van der Waals surface area contributed by atoms with Gasteiger partial charge in [-0.25, -0.2) is 14.5 Å². The van der Waals surface area contributed by atoms with Crippen LogP contribution in [-0.2, 0) is 6.42 Å². The molecule has 4 aromatic rings. The number of hydrogen-bond acceptors (Lipinski definition) is 5. The first kappa shape index (κ1) is 15.4. The Kier molecular flexibility index (Phi) is 3.50. The molecule has 0 unspecified atom stereocenters. The quantitative estimate of drug-likeness (QED) is 0.610. The molecule has 0 saturated carbocycles. The van der Waals surface area contributed by atoms with Gasteiger partial charge in [0.15, 0.2) is 5.65 Å². The summed E-state index contributed by atoms with van der Waals surface area (Å²) in [5.41, 5.74) is 5.54. The van der Waals surface area contributed by atoms with E-state index in [9.17, 15) is 4.79 Å². The summed E-state index contributed by atoms with van der Waals surface area (Å²) in [7, 11) is 0. The molecule has 7 nitrogen and oxygen atoms in total. The predicted molar refractivity (Wildman–Crippen MR) is 102 cm³/mol. The Morgan fingerprint density at radius 3 is 2.89 bits per heavy atom. The molecule has 0 saturated heterocycles. The molecule has 0 spiro atoms. The van der Waals surface area contributed by atoms with Crippen molar-refractivity contribution in [2.45, 2.75) is 6.42 Å². The third kappa shape index (κ3) is 2.75. The molecular weight excluding hydrogens is 340 g/mol. The number of allylic oxidation sites excluding steroid dienone is 1. The zero-order valence-corrected chi connectivity index (χ0v) is 14.2. The number of fused-ring (bicyclic) bond motifs is 2. The average Bonchev–Trinajstić information content (AvgIpc) is 3.34. The minimum absolute atomic E-state index is 0. The van der Waals surface area contributed by atoms with Gasteiger partial charge in [0.2, 0.25) is 0 Å². The molecule has 1 aliphatic carbocycles. The second kappa shape index (κ2) is 6.14. The predicted octanol–water partition coefficient (Wildman–Crippen LogP) is 3.01. The molecule has 7 heteroatoms. The van der Waals surface area contributed by atoms with Crippen LogP contribution in [0.2, 0.25) is 0 Å². The van der Waals surface area contributed by atoms with E-state index in [1.807, 2.05) is 30.5 Å². The van der Waals surface area contributed by atoms with Crippen molar-refractivity contribution in [2.24, 2.45) is 0 Å². The molecule has 1 amide bonds. The zero-order chi connectivity index (χ0) is 18.2. The SMILES string of the molecule is O=C(Nc1ccc2c(n1)CC=C2c1ccc2ncnn2c1)c1ccncc1.[HH]. The summed E-state index contributed by atoms with van der Waals surface area (Å²) >= 11 is 0. The summed E-state index contributed by atoms with van der Waals surface area (Å²) in [6.45, 7) is 0. The van der Waals surface area contributed by atoms with Crippen LogP contribution in [0.5, 0.6) is 0 Å². The fourth-order valence-corrected chi connectivity index (χ4v) is 3.22. The van der Waals surface area contributed by atoms with Crippen molar-refractivity contribution < 1.29 is 6.22 Å². The van der Waals surface area contributed by atoms with Crippen molar-refractivity contribution >= 4 is 22.9 Å². The number of rotatable bonds is 3. The second-order valence-corrected chi connectivity index (χ2v) is 6.18. The Balaban J connectivity index is 0.00000192. The highest BCUT2D eigenvalue weighted by molar-refractivity contribution is 6.03. The molecule has 0 atom stereocenters. The van der Waals surface area contributed by atoms with E-state index >= 15 is 0 Å². The molecule has 132 valence electrons. The number of amides is 1. The molecule has 0 radical (unpaired) electrons. The lowest BCUT2D eigenvalue weighted by molar-refractivity contribution is 0.102. The van der Waals surface area contributed by atoms with Crippen LogP contribution in [-0.4, -0.2) is 30.5 Å². The van der Waals surface area contributed by atoms with Gasteiger partial charge in [-0.05, 0) is 42.0 Å². The number of carbonyl (C=O) groups excluding carboxylic acids is 1. The molecule has 1 aliphatic rings. The van der Waals surface area contributed by atoms with Crippen LogP contribution in [0.15, 0.2) is 67.4 Å². The van der Waals surface area contributed by atoms with Crippen LogP contribution in [0, 0.1) is 0 Å². The van der Waals surface area contributed by atoms with Crippen molar-refractivity contribution in [3.05, 3.63) is 89.8 Å². The first-order chi connectivity index (χ1) is 13.3. The third-order valence-corrected chi connectivity index (χ3v) is 4.53. The number of hydrogen-bond donors (Lipinski definition) is 1. The molecule has 4 heterocycles. The number of carbonyl (C=O) groups is 1. The van der Waals surface area contributed by atoms with Crippen LogP contribution in [0.1, 0.15) is 28.6 Å². The van der Waals surface area contributed by atoms with Gasteiger partial charge in [-0.15, -0.1) is 0 Å². The third-order valence-electron chi connectivity index (χ3n) is 4.53. The van der Waals surface area contributed by atoms with E-state index in [0.29, 0.717) is 11.4 Å². The number of aromatic nitrogens is 5. The van der Waals surface area contributed by atoms with Gasteiger partial charge in [0.05, 0.1) is 5.69 Å². The van der Waals surface area contributed by atoms with Crippen LogP contribution >= 0.6 is 0 Å². The van der Waals surface area contributed by atoms with E-state index in [1.165, 1.54) is 6.33 Å². The standard InChI is InChI=1S/C20H14N6O.H2/c27-20(13-7-9-21-10-8-13)25-18-5-3-16-15(2-4-17(16)24-18)14-1-6-19-22-12-23-26(19)11-14;/h1-3,5-12H,4H2,(H,24,25,27);1H. The summed E-state index contributed by atoms with van der Waals surface area (Å²) in [4.78, 5) is 25.0. The van der Waals surface area contributed by atoms with E-state index in [-0.39, 0.29) is 7.33 Å². The van der Waals surface area contributed by atoms with Crippen molar-refractivity contribution in [2.75, 3.05) is 5.32 Å². The highest BCUT2D eigenvalue weighted by Crippen LogP contribution is 2.32. The van der Waals surface area contributed by atoms with Gasteiger partial charge in [-0.2, -0.15) is 5.10 Å². The second-order valence-electron chi connectivity index (χ2n) is 6.18. The molecule has 27 heavy (non-hydrogen) atoms. The van der Waals surface area contributed by atoms with Crippen LogP contribution in [0.4, 0.5) is 5.82 Å². The molecule has 0 aliphatic heterocycles. The molecule has 5 rings (SSSR count). The number of anilines is 1. The maximum absolute atomic E-state index is 12.3. The average molecular weight is 356 g/mol. The Hall–Kier alpha value is -3.87. The summed E-state index contributed by atoms with van der Waals surface area (Å²) in [6, 6.07) is 11.1. The lowest BCUT2D eigenvalue weighted by atomic mass is 10.0. The Bertz CT molecular complexity index is 1200. The first-order valence-corrected chi connectivity index (χ1v) is 8.49. The smallest absolute Gasteiger partial charge is 0.256 e. The number of nitrogens with zero attached hydrogens (tertiary/aromatic N) is 5. The fraction of sp³-hybridized carbons (Fsp3) is 0.0500. The van der Waals surface area contributed by atoms with Crippen molar-refractivity contribution in [3.63, 3.8) is 0 Å². The minimum Gasteiger partial charge on any atom is -0.307 e. The normalized spacial score (nSPS) is 12.7. The van der Waals surface area contributed by atoms with E-state index in [0.717, 1.165) is 34.5 Å². The maximum atomic E-state index is 12.3. The highest BCUT2D eigenvalue weighted by Gasteiger charge is 2.18. The van der Waals surface area contributed by atoms with Gasteiger partial charge in [0.1, 0.15) is 12.1 Å². The zero-order valence-electron chi connectivity index (χ0n) is 14.2. The van der Waals surface area contributed by atoms with Crippen LogP contribution in [0.3, 0.4) is 0 Å². The Morgan fingerprint density at radius 2 is 2.00 bits per heavy atom. The maximum Gasteiger partial charge on any atom is 0.256 e. The number of nitrogens with one attached hydrogen (secondary N) is 1. The van der Waals surface area contributed by atoms with Gasteiger partial charge >= 0.3 is 0 Å². The first-order valence-electron chi connectivity index (χ1n) is 8.49. The van der Waals surface area contributed by atoms with Crippen molar-refractivity contribution in [3.8, 4) is 0 Å². The van der Waals surface area contributed by atoms with Gasteiger partial charge in [-0.3, -0.25) is 9.78 Å².